The lowest BCUT2D eigenvalue weighted by Crippen LogP contribution is -2.36. The Kier molecular flexibility index (Phi) is 4.56. The van der Waals surface area contributed by atoms with Gasteiger partial charge < -0.3 is 14.4 Å². The molecule has 2 aromatic heterocycles. The van der Waals surface area contributed by atoms with Gasteiger partial charge in [0.25, 0.3) is 5.91 Å². The number of aliphatic hydroxyl groups excluding tert-OH is 1. The Morgan fingerprint density at radius 3 is 2.88 bits per heavy atom. The van der Waals surface area contributed by atoms with Gasteiger partial charge in [-0.25, -0.2) is 9.67 Å². The van der Waals surface area contributed by atoms with Crippen molar-refractivity contribution in [3.8, 4) is 0 Å². The molecule has 1 amide bonds. The van der Waals surface area contributed by atoms with Crippen LogP contribution in [0.4, 0.5) is 0 Å². The third-order valence-corrected chi connectivity index (χ3v) is 5.90. The van der Waals surface area contributed by atoms with E-state index in [-0.39, 0.29) is 11.9 Å². The van der Waals surface area contributed by atoms with E-state index in [4.69, 9.17) is 4.42 Å². The van der Waals surface area contributed by atoms with E-state index in [0.717, 1.165) is 17.9 Å². The summed E-state index contributed by atoms with van der Waals surface area (Å²) in [5.41, 5.74) is 0. The van der Waals surface area contributed by atoms with Crippen LogP contribution in [0.5, 0.6) is 0 Å². The van der Waals surface area contributed by atoms with Crippen LogP contribution in [0.1, 0.15) is 35.2 Å². The molecule has 0 bridgehead atoms. The van der Waals surface area contributed by atoms with Gasteiger partial charge in [0.1, 0.15) is 18.4 Å². The third-order valence-electron chi connectivity index (χ3n) is 5.33. The van der Waals surface area contributed by atoms with Crippen molar-refractivity contribution in [3.05, 3.63) is 36.3 Å². The van der Waals surface area contributed by atoms with Crippen molar-refractivity contribution < 1.29 is 14.3 Å². The van der Waals surface area contributed by atoms with Crippen LogP contribution in [-0.4, -0.2) is 56.1 Å². The Bertz CT molecular complexity index is 732. The van der Waals surface area contributed by atoms with Crippen LogP contribution in [0.2, 0.25) is 0 Å². The minimum Gasteiger partial charge on any atom is -0.455 e. The Morgan fingerprint density at radius 2 is 2.16 bits per heavy atom. The third kappa shape index (κ3) is 3.20. The molecule has 7 nitrogen and oxygen atoms in total. The van der Waals surface area contributed by atoms with Crippen LogP contribution in [0.15, 0.2) is 29.2 Å². The quantitative estimate of drug-likeness (QED) is 0.893. The predicted molar refractivity (Wildman–Crippen MR) is 93.1 cm³/mol. The van der Waals surface area contributed by atoms with Crippen molar-refractivity contribution in [2.24, 2.45) is 11.8 Å². The largest absolute Gasteiger partial charge is 0.455 e. The Hall–Kier alpha value is -1.80. The summed E-state index contributed by atoms with van der Waals surface area (Å²) in [4.78, 5) is 18.6. The van der Waals surface area contributed by atoms with Gasteiger partial charge in [0.15, 0.2) is 5.76 Å². The number of rotatable bonds is 4. The highest BCUT2D eigenvalue weighted by Crippen LogP contribution is 2.41. The Labute approximate surface area is 150 Å². The van der Waals surface area contributed by atoms with Crippen LogP contribution < -0.4 is 0 Å². The summed E-state index contributed by atoms with van der Waals surface area (Å²) in [7, 11) is 0. The number of hydrogen-bond donors (Lipinski definition) is 1. The van der Waals surface area contributed by atoms with Gasteiger partial charge in [-0.3, -0.25) is 4.79 Å². The normalized spacial score (nSPS) is 29.0. The van der Waals surface area contributed by atoms with Gasteiger partial charge in [-0.05, 0) is 43.1 Å². The molecule has 0 radical (unpaired) electrons. The molecular formula is C17H22N4O3S. The fraction of sp³-hybridized carbons (Fsp3) is 0.588. The zero-order valence-corrected chi connectivity index (χ0v) is 14.9. The summed E-state index contributed by atoms with van der Waals surface area (Å²) in [5.74, 6) is 2.67. The number of carbonyl (C=O) groups excluding carboxylic acids is 1. The van der Waals surface area contributed by atoms with Crippen molar-refractivity contribution in [2.45, 2.75) is 30.7 Å². The molecule has 2 aliphatic rings. The van der Waals surface area contributed by atoms with Crippen LogP contribution in [0, 0.1) is 11.8 Å². The second-order valence-corrected chi connectivity index (χ2v) is 7.78. The average molecular weight is 362 g/mol. The number of aliphatic hydroxyl groups is 1. The minimum atomic E-state index is -0.449. The van der Waals surface area contributed by atoms with E-state index < -0.39 is 6.10 Å². The lowest BCUT2D eigenvalue weighted by Gasteiger charge is -2.34. The zero-order chi connectivity index (χ0) is 17.4. The molecule has 3 heterocycles. The Balaban J connectivity index is 1.44. The van der Waals surface area contributed by atoms with Gasteiger partial charge in [0, 0.05) is 13.1 Å². The van der Waals surface area contributed by atoms with Gasteiger partial charge in [-0.1, -0.05) is 0 Å². The number of likely N-dealkylation sites (tertiary alicyclic amines) is 1. The highest BCUT2D eigenvalue weighted by molar-refractivity contribution is 7.97. The molecule has 2 aromatic rings. The van der Waals surface area contributed by atoms with Crippen LogP contribution in [-0.2, 0) is 5.75 Å². The standard InChI is InChI=1S/C17H22N4O3S/c1-25-8-13-2-3-16(24-13)17(23)20-6-11-4-14(21-10-18-9-19-21)15(22)5-12(11)7-20/h2-3,9-12,14-15,22H,4-8H2,1H3/t11-,12+,14-,15-/m1/s1. The van der Waals surface area contributed by atoms with E-state index >= 15 is 0 Å². The molecule has 1 aliphatic heterocycles. The topological polar surface area (TPSA) is 84.4 Å². The molecule has 4 rings (SSSR count). The highest BCUT2D eigenvalue weighted by Gasteiger charge is 2.44. The fourth-order valence-corrected chi connectivity index (χ4v) is 4.55. The first-order valence-electron chi connectivity index (χ1n) is 8.54. The molecule has 134 valence electrons. The van der Waals surface area contributed by atoms with E-state index in [1.54, 1.807) is 28.8 Å². The molecule has 1 aliphatic carbocycles. The number of nitrogens with zero attached hydrogens (tertiary/aromatic N) is 4. The van der Waals surface area contributed by atoms with E-state index in [1.807, 2.05) is 17.2 Å². The van der Waals surface area contributed by atoms with Gasteiger partial charge in [0.05, 0.1) is 17.9 Å². The van der Waals surface area contributed by atoms with Crippen LogP contribution >= 0.6 is 11.8 Å². The van der Waals surface area contributed by atoms with E-state index in [2.05, 4.69) is 10.1 Å². The number of thioether (sulfide) groups is 1. The molecule has 0 spiro atoms. The maximum atomic E-state index is 12.7. The van der Waals surface area contributed by atoms with Crippen molar-refractivity contribution in [1.82, 2.24) is 19.7 Å². The molecule has 1 saturated carbocycles. The molecule has 2 fully saturated rings. The van der Waals surface area contributed by atoms with E-state index in [0.29, 0.717) is 37.1 Å². The van der Waals surface area contributed by atoms with E-state index in [1.165, 1.54) is 6.33 Å². The molecule has 0 unspecified atom stereocenters. The first kappa shape index (κ1) is 16.7. The monoisotopic (exact) mass is 362 g/mol. The van der Waals surface area contributed by atoms with E-state index in [9.17, 15) is 9.90 Å². The van der Waals surface area contributed by atoms with Crippen molar-refractivity contribution >= 4 is 17.7 Å². The molecule has 0 aromatic carbocycles. The van der Waals surface area contributed by atoms with Gasteiger partial charge in [-0.2, -0.15) is 16.9 Å². The summed E-state index contributed by atoms with van der Waals surface area (Å²) in [6, 6.07) is 3.58. The van der Waals surface area contributed by atoms with Crippen LogP contribution in [0.25, 0.3) is 0 Å². The first-order chi connectivity index (χ1) is 12.2. The average Bonchev–Trinajstić information content (AvgIpc) is 3.33. The number of amides is 1. The number of aromatic nitrogens is 3. The summed E-state index contributed by atoms with van der Waals surface area (Å²) in [6.45, 7) is 1.39. The smallest absolute Gasteiger partial charge is 0.289 e. The fourth-order valence-electron chi connectivity index (χ4n) is 4.11. The summed E-state index contributed by atoms with van der Waals surface area (Å²) >= 11 is 1.67. The molecule has 4 atom stereocenters. The Morgan fingerprint density at radius 1 is 1.36 bits per heavy atom. The number of fused-ring (bicyclic) bond motifs is 1. The SMILES string of the molecule is CSCc1ccc(C(=O)N2C[C@H]3C[C@@H](n4cncn4)[C@H](O)C[C@H]3C2)o1. The molecule has 1 saturated heterocycles. The first-order valence-corrected chi connectivity index (χ1v) is 9.94. The van der Waals surface area contributed by atoms with Gasteiger partial charge >= 0.3 is 0 Å². The predicted octanol–water partition coefficient (Wildman–Crippen LogP) is 1.82. The lowest BCUT2D eigenvalue weighted by atomic mass is 9.77. The van der Waals surface area contributed by atoms with Crippen molar-refractivity contribution in [1.29, 1.82) is 0 Å². The van der Waals surface area contributed by atoms with Gasteiger partial charge in [-0.15, -0.1) is 0 Å². The minimum absolute atomic E-state index is 0.0476. The maximum absolute atomic E-state index is 12.7. The second-order valence-electron chi connectivity index (χ2n) is 6.91. The van der Waals surface area contributed by atoms with Crippen LogP contribution in [0.3, 0.4) is 0 Å². The van der Waals surface area contributed by atoms with Crippen molar-refractivity contribution in [2.75, 3.05) is 19.3 Å². The van der Waals surface area contributed by atoms with Gasteiger partial charge in [0.2, 0.25) is 0 Å². The molecule has 1 N–H and O–H groups in total. The summed E-state index contributed by atoms with van der Waals surface area (Å²) in [6.07, 6.45) is 6.21. The summed E-state index contributed by atoms with van der Waals surface area (Å²) in [5, 5.41) is 14.7. The van der Waals surface area contributed by atoms with Crippen molar-refractivity contribution in [3.63, 3.8) is 0 Å². The number of carbonyl (C=O) groups is 1. The maximum Gasteiger partial charge on any atom is 0.289 e. The zero-order valence-electron chi connectivity index (χ0n) is 14.1. The molecule has 8 heteroatoms. The number of hydrogen-bond acceptors (Lipinski definition) is 6. The number of furan rings is 1. The summed E-state index contributed by atoms with van der Waals surface area (Å²) < 4.78 is 7.41. The molecule has 25 heavy (non-hydrogen) atoms. The second kappa shape index (κ2) is 6.84. The molecular weight excluding hydrogens is 340 g/mol. The lowest BCUT2D eigenvalue weighted by molar-refractivity contribution is 0.0304. The highest BCUT2D eigenvalue weighted by atomic mass is 32.2.